The van der Waals surface area contributed by atoms with Gasteiger partial charge in [-0.05, 0) is 42.5 Å². The Morgan fingerprint density at radius 3 is 2.50 bits per heavy atom. The predicted molar refractivity (Wildman–Crippen MR) is 114 cm³/mol. The topological polar surface area (TPSA) is 84.5 Å². The Balaban J connectivity index is 1.75. The van der Waals surface area contributed by atoms with Gasteiger partial charge in [-0.1, -0.05) is 36.4 Å². The lowest BCUT2D eigenvalue weighted by molar-refractivity contribution is -0.111. The predicted octanol–water partition coefficient (Wildman–Crippen LogP) is 4.29. The van der Waals surface area contributed by atoms with Gasteiger partial charge in [-0.15, -0.1) is 0 Å². The molecule has 0 aliphatic carbocycles. The number of hydrogen-bond acceptors (Lipinski definition) is 4. The summed E-state index contributed by atoms with van der Waals surface area (Å²) in [5.41, 5.74) is 0.841. The molecule has 0 saturated carbocycles. The molecular weight excluding hydrogens is 407 g/mol. The molecule has 0 bridgehead atoms. The molecule has 2 N–H and O–H groups in total. The van der Waals surface area contributed by atoms with Crippen molar-refractivity contribution in [3.05, 3.63) is 90.3 Å². The molecule has 0 unspecified atom stereocenters. The van der Waals surface area contributed by atoms with Crippen molar-refractivity contribution < 1.29 is 22.3 Å². The highest BCUT2D eigenvalue weighted by atomic mass is 32.2. The Bertz CT molecular complexity index is 1190. The summed E-state index contributed by atoms with van der Waals surface area (Å²) in [6.45, 7) is 0. The Morgan fingerprint density at radius 2 is 1.73 bits per heavy atom. The van der Waals surface area contributed by atoms with E-state index in [-0.39, 0.29) is 16.1 Å². The number of methoxy groups -OCH3 is 1. The fourth-order valence-corrected chi connectivity index (χ4v) is 3.75. The van der Waals surface area contributed by atoms with Crippen molar-refractivity contribution in [2.75, 3.05) is 17.1 Å². The summed E-state index contributed by atoms with van der Waals surface area (Å²) in [7, 11) is -2.47. The summed E-state index contributed by atoms with van der Waals surface area (Å²) in [6, 6.07) is 18.4. The fraction of sp³-hybridized carbons (Fsp3) is 0.0455. The Labute approximate surface area is 174 Å². The van der Waals surface area contributed by atoms with E-state index in [1.165, 1.54) is 49.6 Å². The minimum Gasteiger partial charge on any atom is -0.495 e. The van der Waals surface area contributed by atoms with E-state index >= 15 is 0 Å². The minimum absolute atomic E-state index is 0.0377. The first-order valence-electron chi connectivity index (χ1n) is 8.88. The lowest BCUT2D eigenvalue weighted by atomic mass is 10.2. The highest BCUT2D eigenvalue weighted by molar-refractivity contribution is 7.92. The van der Waals surface area contributed by atoms with E-state index in [2.05, 4.69) is 10.0 Å². The quantitative estimate of drug-likeness (QED) is 0.552. The zero-order valence-electron chi connectivity index (χ0n) is 16.0. The van der Waals surface area contributed by atoms with Crippen LogP contribution in [0.25, 0.3) is 6.08 Å². The van der Waals surface area contributed by atoms with Crippen LogP contribution in [-0.2, 0) is 14.8 Å². The van der Waals surface area contributed by atoms with Crippen LogP contribution in [-0.4, -0.2) is 21.4 Å². The molecule has 0 saturated heterocycles. The van der Waals surface area contributed by atoms with Crippen molar-refractivity contribution in [2.24, 2.45) is 0 Å². The molecule has 0 radical (unpaired) electrons. The van der Waals surface area contributed by atoms with Gasteiger partial charge in [0, 0.05) is 17.3 Å². The smallest absolute Gasteiger partial charge is 0.262 e. The number of para-hydroxylation sites is 2. The fourth-order valence-electron chi connectivity index (χ4n) is 2.63. The first-order chi connectivity index (χ1) is 14.4. The molecule has 0 spiro atoms. The molecule has 3 aromatic carbocycles. The van der Waals surface area contributed by atoms with Gasteiger partial charge < -0.3 is 10.1 Å². The number of benzene rings is 3. The largest absolute Gasteiger partial charge is 0.495 e. The molecule has 0 aliphatic rings. The van der Waals surface area contributed by atoms with Crippen LogP contribution in [0.5, 0.6) is 5.75 Å². The van der Waals surface area contributed by atoms with Crippen LogP contribution in [0.1, 0.15) is 5.56 Å². The molecule has 30 heavy (non-hydrogen) atoms. The molecule has 0 fully saturated rings. The molecule has 154 valence electrons. The number of ether oxygens (including phenoxy) is 1. The summed E-state index contributed by atoms with van der Waals surface area (Å²) in [6.07, 6.45) is 2.52. The maximum Gasteiger partial charge on any atom is 0.262 e. The van der Waals surface area contributed by atoms with Gasteiger partial charge >= 0.3 is 0 Å². The molecule has 0 atom stereocenters. The SMILES string of the molecule is COc1ccccc1NS(=O)(=O)c1cccc(NC(=O)C=Cc2ccccc2F)c1. The van der Waals surface area contributed by atoms with Gasteiger partial charge in [-0.2, -0.15) is 0 Å². The third kappa shape index (κ3) is 5.24. The average molecular weight is 426 g/mol. The standard InChI is InChI=1S/C22H19FN2O4S/c1-29-21-12-5-4-11-20(21)25-30(27,28)18-9-6-8-17(15-18)24-22(26)14-13-16-7-2-3-10-19(16)23/h2-15,25H,1H3,(H,24,26). The molecule has 1 amide bonds. The maximum absolute atomic E-state index is 13.6. The molecular formula is C22H19FN2O4S. The zero-order valence-corrected chi connectivity index (χ0v) is 16.8. The Kier molecular flexibility index (Phi) is 6.48. The van der Waals surface area contributed by atoms with Crippen molar-refractivity contribution in [1.82, 2.24) is 0 Å². The molecule has 8 heteroatoms. The number of nitrogens with one attached hydrogen (secondary N) is 2. The summed E-state index contributed by atoms with van der Waals surface area (Å²) in [5, 5.41) is 2.57. The highest BCUT2D eigenvalue weighted by Gasteiger charge is 2.17. The number of halogens is 1. The highest BCUT2D eigenvalue weighted by Crippen LogP contribution is 2.26. The number of carbonyl (C=O) groups is 1. The molecule has 0 heterocycles. The van der Waals surface area contributed by atoms with E-state index in [4.69, 9.17) is 4.74 Å². The Morgan fingerprint density at radius 1 is 1.00 bits per heavy atom. The van der Waals surface area contributed by atoms with E-state index in [0.717, 1.165) is 0 Å². The van der Waals surface area contributed by atoms with Crippen LogP contribution in [0.2, 0.25) is 0 Å². The van der Waals surface area contributed by atoms with Crippen LogP contribution in [0, 0.1) is 5.82 Å². The van der Waals surface area contributed by atoms with Gasteiger partial charge in [0.25, 0.3) is 10.0 Å². The van der Waals surface area contributed by atoms with Crippen LogP contribution >= 0.6 is 0 Å². The third-order valence-corrected chi connectivity index (χ3v) is 5.45. The number of anilines is 2. The first kappa shape index (κ1) is 21.1. The normalized spacial score (nSPS) is 11.3. The van der Waals surface area contributed by atoms with Crippen molar-refractivity contribution in [2.45, 2.75) is 4.90 Å². The number of hydrogen-bond donors (Lipinski definition) is 2. The van der Waals surface area contributed by atoms with Crippen molar-refractivity contribution in [3.8, 4) is 5.75 Å². The van der Waals surface area contributed by atoms with E-state index in [9.17, 15) is 17.6 Å². The monoisotopic (exact) mass is 426 g/mol. The molecule has 3 rings (SSSR count). The van der Waals surface area contributed by atoms with E-state index in [1.807, 2.05) is 0 Å². The number of amides is 1. The van der Waals surface area contributed by atoms with E-state index in [1.54, 1.807) is 42.5 Å². The van der Waals surface area contributed by atoms with Crippen molar-refractivity contribution >= 4 is 33.4 Å². The molecule has 0 aliphatic heterocycles. The number of sulfonamides is 1. The summed E-state index contributed by atoms with van der Waals surface area (Å²) >= 11 is 0. The number of carbonyl (C=O) groups excluding carboxylic acids is 1. The Hall–Kier alpha value is -3.65. The summed E-state index contributed by atoms with van der Waals surface area (Å²) < 4.78 is 46.7. The second-order valence-electron chi connectivity index (χ2n) is 6.18. The summed E-state index contributed by atoms with van der Waals surface area (Å²) in [5.74, 6) is -0.591. The minimum atomic E-state index is -3.91. The van der Waals surface area contributed by atoms with Gasteiger partial charge in [0.2, 0.25) is 5.91 Å². The van der Waals surface area contributed by atoms with Crippen LogP contribution in [0.4, 0.5) is 15.8 Å². The van der Waals surface area contributed by atoms with Gasteiger partial charge in [-0.25, -0.2) is 12.8 Å². The first-order valence-corrected chi connectivity index (χ1v) is 10.4. The van der Waals surface area contributed by atoms with Crippen molar-refractivity contribution in [3.63, 3.8) is 0 Å². The second-order valence-corrected chi connectivity index (χ2v) is 7.86. The van der Waals surface area contributed by atoms with Crippen LogP contribution < -0.4 is 14.8 Å². The van der Waals surface area contributed by atoms with E-state index < -0.39 is 21.7 Å². The second kappa shape index (κ2) is 9.23. The molecule has 6 nitrogen and oxygen atoms in total. The zero-order chi connectivity index (χ0) is 21.6. The molecule has 0 aromatic heterocycles. The van der Waals surface area contributed by atoms with Gasteiger partial charge in [0.1, 0.15) is 11.6 Å². The third-order valence-electron chi connectivity index (χ3n) is 4.08. The van der Waals surface area contributed by atoms with Gasteiger partial charge in [-0.3, -0.25) is 9.52 Å². The maximum atomic E-state index is 13.6. The van der Waals surface area contributed by atoms with Crippen LogP contribution in [0.3, 0.4) is 0 Å². The summed E-state index contributed by atoms with van der Waals surface area (Å²) in [4.78, 5) is 12.1. The lowest BCUT2D eigenvalue weighted by Crippen LogP contribution is -2.14. The van der Waals surface area contributed by atoms with Gasteiger partial charge in [0.05, 0.1) is 17.7 Å². The van der Waals surface area contributed by atoms with Gasteiger partial charge in [0.15, 0.2) is 0 Å². The van der Waals surface area contributed by atoms with E-state index in [0.29, 0.717) is 11.4 Å². The average Bonchev–Trinajstić information content (AvgIpc) is 2.73. The van der Waals surface area contributed by atoms with Crippen molar-refractivity contribution in [1.29, 1.82) is 0 Å². The lowest BCUT2D eigenvalue weighted by Gasteiger charge is -2.12. The number of rotatable bonds is 7. The molecule has 3 aromatic rings. The van der Waals surface area contributed by atoms with Crippen LogP contribution in [0.15, 0.2) is 83.8 Å².